The first-order chi connectivity index (χ1) is 9.67. The summed E-state index contributed by atoms with van der Waals surface area (Å²) in [6.45, 7) is 7.78. The lowest BCUT2D eigenvalue weighted by Crippen LogP contribution is -2.34. The van der Waals surface area contributed by atoms with Gasteiger partial charge in [0.1, 0.15) is 0 Å². The normalized spacial score (nSPS) is 24.6. The maximum atomic E-state index is 3.76. The molecule has 3 unspecified atom stereocenters. The highest BCUT2D eigenvalue weighted by Crippen LogP contribution is 2.40. The predicted octanol–water partition coefficient (Wildman–Crippen LogP) is 5.62. The van der Waals surface area contributed by atoms with E-state index in [2.05, 4.69) is 60.2 Å². The maximum Gasteiger partial charge on any atom is 0.0351 e. The molecule has 1 aliphatic rings. The van der Waals surface area contributed by atoms with E-state index in [0.29, 0.717) is 6.04 Å². The number of rotatable bonds is 5. The van der Waals surface area contributed by atoms with Crippen LogP contribution in [0.3, 0.4) is 0 Å². The lowest BCUT2D eigenvalue weighted by atomic mass is 9.72. The fraction of sp³-hybridized carbons (Fsp3) is 0.667. The first-order valence-electron chi connectivity index (χ1n) is 8.16. The average Bonchev–Trinajstić information content (AvgIpc) is 2.48. The molecule has 1 saturated carbocycles. The van der Waals surface area contributed by atoms with Crippen molar-refractivity contribution in [1.29, 1.82) is 0 Å². The topological polar surface area (TPSA) is 12.0 Å². The molecule has 0 heterocycles. The third kappa shape index (κ3) is 3.65. The average molecular weight is 338 g/mol. The van der Waals surface area contributed by atoms with Crippen molar-refractivity contribution in [3.63, 3.8) is 0 Å². The van der Waals surface area contributed by atoms with Crippen LogP contribution < -0.4 is 5.32 Å². The largest absolute Gasteiger partial charge is 0.310 e. The van der Waals surface area contributed by atoms with Crippen LogP contribution in [0.25, 0.3) is 0 Å². The van der Waals surface area contributed by atoms with Crippen LogP contribution in [0.4, 0.5) is 0 Å². The molecular formula is C18H28BrN. The Kier molecular flexibility index (Phi) is 6.10. The van der Waals surface area contributed by atoms with Crippen molar-refractivity contribution < 1.29 is 0 Å². The van der Waals surface area contributed by atoms with Gasteiger partial charge < -0.3 is 5.32 Å². The summed E-state index contributed by atoms with van der Waals surface area (Å²) in [5, 5.41) is 3.76. The Morgan fingerprint density at radius 2 is 2.00 bits per heavy atom. The van der Waals surface area contributed by atoms with Crippen LogP contribution in [0.5, 0.6) is 0 Å². The van der Waals surface area contributed by atoms with Crippen LogP contribution in [-0.2, 0) is 0 Å². The molecule has 1 aromatic rings. The van der Waals surface area contributed by atoms with Gasteiger partial charge in [0.05, 0.1) is 0 Å². The molecule has 0 bridgehead atoms. The third-order valence-corrected chi connectivity index (χ3v) is 5.75. The van der Waals surface area contributed by atoms with Gasteiger partial charge in [-0.2, -0.15) is 0 Å². The van der Waals surface area contributed by atoms with E-state index < -0.39 is 0 Å². The van der Waals surface area contributed by atoms with Crippen LogP contribution in [0.2, 0.25) is 0 Å². The van der Waals surface area contributed by atoms with Crippen molar-refractivity contribution >= 4 is 15.9 Å². The van der Waals surface area contributed by atoms with Crippen molar-refractivity contribution in [3.05, 3.63) is 33.8 Å². The Hall–Kier alpha value is -0.340. The molecule has 0 spiro atoms. The molecule has 0 saturated heterocycles. The fourth-order valence-electron chi connectivity index (χ4n) is 3.72. The summed E-state index contributed by atoms with van der Waals surface area (Å²) < 4.78 is 1.24. The summed E-state index contributed by atoms with van der Waals surface area (Å²) in [6.07, 6.45) is 6.93. The first-order valence-corrected chi connectivity index (χ1v) is 8.96. The van der Waals surface area contributed by atoms with E-state index in [-0.39, 0.29) is 0 Å². The second-order valence-corrected chi connectivity index (χ2v) is 7.01. The van der Waals surface area contributed by atoms with Gasteiger partial charge >= 0.3 is 0 Å². The van der Waals surface area contributed by atoms with E-state index in [1.165, 1.54) is 47.7 Å². The zero-order valence-corrected chi connectivity index (χ0v) is 14.7. The molecule has 0 aliphatic heterocycles. The predicted molar refractivity (Wildman–Crippen MR) is 91.0 cm³/mol. The zero-order valence-electron chi connectivity index (χ0n) is 13.1. The second kappa shape index (κ2) is 7.61. The fourth-order valence-corrected chi connectivity index (χ4v) is 4.12. The van der Waals surface area contributed by atoms with Crippen molar-refractivity contribution in [3.8, 4) is 0 Å². The van der Waals surface area contributed by atoms with Gasteiger partial charge in [-0.05, 0) is 48.9 Å². The van der Waals surface area contributed by atoms with Crippen LogP contribution in [0.1, 0.15) is 63.1 Å². The SMILES string of the molecule is CCNC(c1ccc(C)c(Br)c1)C1CCCCC1CC. The minimum Gasteiger partial charge on any atom is -0.310 e. The number of aryl methyl sites for hydroxylation is 1. The molecule has 1 fully saturated rings. The summed E-state index contributed by atoms with van der Waals surface area (Å²) in [4.78, 5) is 0. The number of halogens is 1. The third-order valence-electron chi connectivity index (χ3n) is 4.90. The van der Waals surface area contributed by atoms with Gasteiger partial charge in [-0.15, -0.1) is 0 Å². The molecule has 1 N–H and O–H groups in total. The summed E-state index contributed by atoms with van der Waals surface area (Å²) in [7, 11) is 0. The number of benzene rings is 1. The van der Waals surface area contributed by atoms with Crippen LogP contribution >= 0.6 is 15.9 Å². The quantitative estimate of drug-likeness (QED) is 0.734. The Bertz CT molecular complexity index is 429. The van der Waals surface area contributed by atoms with Crippen molar-refractivity contribution in [1.82, 2.24) is 5.32 Å². The smallest absolute Gasteiger partial charge is 0.0351 e. The number of hydrogen-bond acceptors (Lipinski definition) is 1. The van der Waals surface area contributed by atoms with Crippen molar-refractivity contribution in [2.24, 2.45) is 11.8 Å². The molecule has 1 aromatic carbocycles. The highest BCUT2D eigenvalue weighted by atomic mass is 79.9. The van der Waals surface area contributed by atoms with E-state index in [1.807, 2.05) is 0 Å². The molecule has 2 rings (SSSR count). The molecule has 0 radical (unpaired) electrons. The van der Waals surface area contributed by atoms with Crippen molar-refractivity contribution in [2.45, 2.75) is 58.9 Å². The lowest BCUT2D eigenvalue weighted by molar-refractivity contribution is 0.176. The number of nitrogens with one attached hydrogen (secondary N) is 1. The molecule has 20 heavy (non-hydrogen) atoms. The Balaban J connectivity index is 2.26. The van der Waals surface area contributed by atoms with Gasteiger partial charge in [0.2, 0.25) is 0 Å². The molecule has 0 amide bonds. The van der Waals surface area contributed by atoms with Crippen LogP contribution in [0, 0.1) is 18.8 Å². The molecule has 1 nitrogen and oxygen atoms in total. The van der Waals surface area contributed by atoms with Gasteiger partial charge in [-0.3, -0.25) is 0 Å². The van der Waals surface area contributed by atoms with Crippen molar-refractivity contribution in [2.75, 3.05) is 6.54 Å². The van der Waals surface area contributed by atoms with E-state index in [4.69, 9.17) is 0 Å². The lowest BCUT2D eigenvalue weighted by Gasteiger charge is -2.37. The van der Waals surface area contributed by atoms with E-state index in [0.717, 1.165) is 18.4 Å². The van der Waals surface area contributed by atoms with Gasteiger partial charge in [0.15, 0.2) is 0 Å². The molecule has 3 atom stereocenters. The monoisotopic (exact) mass is 337 g/mol. The maximum absolute atomic E-state index is 3.76. The first kappa shape index (κ1) is 16.0. The molecule has 112 valence electrons. The second-order valence-electron chi connectivity index (χ2n) is 6.16. The molecule has 1 aliphatic carbocycles. The highest BCUT2D eigenvalue weighted by molar-refractivity contribution is 9.10. The van der Waals surface area contributed by atoms with Gasteiger partial charge in [0, 0.05) is 10.5 Å². The highest BCUT2D eigenvalue weighted by Gasteiger charge is 2.31. The minimum absolute atomic E-state index is 0.516. The van der Waals surface area contributed by atoms with E-state index in [9.17, 15) is 0 Å². The Morgan fingerprint density at radius 3 is 2.65 bits per heavy atom. The van der Waals surface area contributed by atoms with E-state index >= 15 is 0 Å². The van der Waals surface area contributed by atoms with Gasteiger partial charge in [-0.1, -0.05) is 67.6 Å². The molecule has 2 heteroatoms. The Labute approximate surface area is 132 Å². The standard InChI is InChI=1S/C18H28BrN/c1-4-14-8-6-7-9-16(14)18(20-5-2)15-11-10-13(3)17(19)12-15/h10-12,14,16,18,20H,4-9H2,1-3H3. The summed E-state index contributed by atoms with van der Waals surface area (Å²) in [6, 6.07) is 7.40. The summed E-state index contributed by atoms with van der Waals surface area (Å²) in [5.74, 6) is 1.68. The Morgan fingerprint density at radius 1 is 1.25 bits per heavy atom. The van der Waals surface area contributed by atoms with Crippen LogP contribution in [-0.4, -0.2) is 6.54 Å². The number of hydrogen-bond donors (Lipinski definition) is 1. The summed E-state index contributed by atoms with van der Waals surface area (Å²) >= 11 is 3.69. The van der Waals surface area contributed by atoms with Gasteiger partial charge in [0.25, 0.3) is 0 Å². The minimum atomic E-state index is 0.516. The molecular weight excluding hydrogens is 310 g/mol. The van der Waals surface area contributed by atoms with E-state index in [1.54, 1.807) is 0 Å². The molecule has 0 aromatic heterocycles. The summed E-state index contributed by atoms with van der Waals surface area (Å²) in [5.41, 5.74) is 2.77. The van der Waals surface area contributed by atoms with Crippen LogP contribution in [0.15, 0.2) is 22.7 Å². The van der Waals surface area contributed by atoms with Gasteiger partial charge in [-0.25, -0.2) is 0 Å². The zero-order chi connectivity index (χ0) is 14.5.